The van der Waals surface area contributed by atoms with Gasteiger partial charge in [-0.25, -0.2) is 4.79 Å². The second-order valence-electron chi connectivity index (χ2n) is 5.26. The predicted octanol–water partition coefficient (Wildman–Crippen LogP) is -0.136. The molecule has 1 saturated carbocycles. The van der Waals surface area contributed by atoms with Crippen molar-refractivity contribution in [3.63, 3.8) is 0 Å². The van der Waals surface area contributed by atoms with E-state index in [4.69, 9.17) is 10.5 Å². The summed E-state index contributed by atoms with van der Waals surface area (Å²) in [6, 6.07) is 0.0659. The van der Waals surface area contributed by atoms with Crippen molar-refractivity contribution in [1.82, 2.24) is 5.32 Å². The molecule has 1 heterocycles. The fourth-order valence-electron chi connectivity index (χ4n) is 2.70. The van der Waals surface area contributed by atoms with Crippen LogP contribution in [0.5, 0.6) is 0 Å². The maximum absolute atomic E-state index is 12.1. The number of aliphatic carboxylic acids is 1. The van der Waals surface area contributed by atoms with Gasteiger partial charge in [0.05, 0.1) is 0 Å². The summed E-state index contributed by atoms with van der Waals surface area (Å²) in [6.07, 6.45) is 2.89. The van der Waals surface area contributed by atoms with E-state index in [1.54, 1.807) is 0 Å². The maximum Gasteiger partial charge on any atom is 0.329 e. The summed E-state index contributed by atoms with van der Waals surface area (Å²) in [4.78, 5) is 23.5. The molecular weight excluding hydrogens is 236 g/mol. The molecule has 2 rings (SSSR count). The third-order valence-electron chi connectivity index (χ3n) is 3.96. The van der Waals surface area contributed by atoms with Crippen molar-refractivity contribution in [2.24, 2.45) is 11.7 Å². The third-order valence-corrected chi connectivity index (χ3v) is 3.96. The lowest BCUT2D eigenvalue weighted by Gasteiger charge is -2.34. The number of carboxylic acid groups (broad SMARTS) is 1. The van der Waals surface area contributed by atoms with Crippen LogP contribution in [0.15, 0.2) is 0 Å². The van der Waals surface area contributed by atoms with Crippen molar-refractivity contribution in [1.29, 1.82) is 0 Å². The fourth-order valence-corrected chi connectivity index (χ4v) is 2.70. The highest BCUT2D eigenvalue weighted by molar-refractivity contribution is 5.88. The zero-order valence-corrected chi connectivity index (χ0v) is 10.4. The summed E-state index contributed by atoms with van der Waals surface area (Å²) in [5.41, 5.74) is 4.62. The van der Waals surface area contributed by atoms with Gasteiger partial charge in [-0.3, -0.25) is 4.79 Å². The molecule has 1 saturated heterocycles. The normalized spacial score (nSPS) is 30.9. The van der Waals surface area contributed by atoms with Crippen LogP contribution in [-0.2, 0) is 14.3 Å². The number of carbonyl (C=O) groups is 2. The van der Waals surface area contributed by atoms with Gasteiger partial charge < -0.3 is 20.9 Å². The van der Waals surface area contributed by atoms with Crippen LogP contribution >= 0.6 is 0 Å². The molecule has 6 heteroatoms. The molecule has 18 heavy (non-hydrogen) atoms. The molecule has 4 N–H and O–H groups in total. The second kappa shape index (κ2) is 5.24. The van der Waals surface area contributed by atoms with Gasteiger partial charge in [0, 0.05) is 38.0 Å². The Morgan fingerprint density at radius 1 is 1.28 bits per heavy atom. The van der Waals surface area contributed by atoms with Gasteiger partial charge >= 0.3 is 5.97 Å². The standard InChI is InChI=1S/C12H20N2O4/c13-9-2-1-8(7-9)10(15)14-12(11(16)17)3-5-18-6-4-12/h8-9H,1-7,13H2,(H,14,15)(H,16,17). The van der Waals surface area contributed by atoms with E-state index >= 15 is 0 Å². The Morgan fingerprint density at radius 3 is 2.44 bits per heavy atom. The summed E-state index contributed by atoms with van der Waals surface area (Å²) in [7, 11) is 0. The maximum atomic E-state index is 12.1. The molecule has 0 aromatic heterocycles. The first kappa shape index (κ1) is 13.3. The van der Waals surface area contributed by atoms with Crippen molar-refractivity contribution in [3.8, 4) is 0 Å². The Balaban J connectivity index is 2.00. The Bertz CT molecular complexity index is 339. The summed E-state index contributed by atoms with van der Waals surface area (Å²) in [6.45, 7) is 0.744. The van der Waals surface area contributed by atoms with Crippen LogP contribution in [0.25, 0.3) is 0 Å². The molecule has 1 amide bonds. The van der Waals surface area contributed by atoms with Crippen molar-refractivity contribution < 1.29 is 19.4 Å². The van der Waals surface area contributed by atoms with E-state index < -0.39 is 11.5 Å². The number of hydrogen-bond donors (Lipinski definition) is 3. The van der Waals surface area contributed by atoms with Crippen LogP contribution in [0.2, 0.25) is 0 Å². The smallest absolute Gasteiger partial charge is 0.329 e. The largest absolute Gasteiger partial charge is 0.480 e. The molecule has 0 spiro atoms. The average molecular weight is 256 g/mol. The molecule has 1 aliphatic heterocycles. The minimum atomic E-state index is -1.15. The quantitative estimate of drug-likeness (QED) is 0.652. The van der Waals surface area contributed by atoms with Crippen LogP contribution in [0, 0.1) is 5.92 Å². The molecule has 2 fully saturated rings. The number of nitrogens with two attached hydrogens (primary N) is 1. The van der Waals surface area contributed by atoms with E-state index in [-0.39, 0.29) is 17.9 Å². The minimum absolute atomic E-state index is 0.0659. The lowest BCUT2D eigenvalue weighted by molar-refractivity contribution is -0.152. The van der Waals surface area contributed by atoms with Crippen LogP contribution in [-0.4, -0.2) is 41.8 Å². The van der Waals surface area contributed by atoms with Gasteiger partial charge in [0.2, 0.25) is 5.91 Å². The van der Waals surface area contributed by atoms with Crippen molar-refractivity contribution in [2.75, 3.05) is 13.2 Å². The first-order valence-corrected chi connectivity index (χ1v) is 6.42. The molecule has 2 unspecified atom stereocenters. The van der Waals surface area contributed by atoms with E-state index in [2.05, 4.69) is 5.32 Å². The second-order valence-corrected chi connectivity index (χ2v) is 5.26. The number of amides is 1. The number of nitrogens with one attached hydrogen (secondary N) is 1. The monoisotopic (exact) mass is 256 g/mol. The van der Waals surface area contributed by atoms with Crippen molar-refractivity contribution >= 4 is 11.9 Å². The van der Waals surface area contributed by atoms with Crippen molar-refractivity contribution in [3.05, 3.63) is 0 Å². The van der Waals surface area contributed by atoms with Crippen molar-refractivity contribution in [2.45, 2.75) is 43.7 Å². The first-order chi connectivity index (χ1) is 8.53. The molecule has 0 aromatic rings. The molecule has 2 aliphatic rings. The zero-order chi connectivity index (χ0) is 13.2. The highest BCUT2D eigenvalue weighted by Gasteiger charge is 2.43. The SMILES string of the molecule is NC1CCC(C(=O)NC2(C(=O)O)CCOCC2)C1. The average Bonchev–Trinajstić information content (AvgIpc) is 2.77. The van der Waals surface area contributed by atoms with Gasteiger partial charge in [-0.05, 0) is 19.3 Å². The first-order valence-electron chi connectivity index (χ1n) is 6.42. The highest BCUT2D eigenvalue weighted by Crippen LogP contribution is 2.27. The summed E-state index contributed by atoms with van der Waals surface area (Å²) >= 11 is 0. The van der Waals surface area contributed by atoms with E-state index in [1.165, 1.54) is 0 Å². The molecule has 2 atom stereocenters. The Hall–Kier alpha value is -1.14. The van der Waals surface area contributed by atoms with Gasteiger partial charge in [0.25, 0.3) is 0 Å². The Kier molecular flexibility index (Phi) is 3.87. The van der Waals surface area contributed by atoms with Crippen LogP contribution in [0.3, 0.4) is 0 Å². The number of carbonyl (C=O) groups excluding carboxylic acids is 1. The van der Waals surface area contributed by atoms with Gasteiger partial charge in [0.1, 0.15) is 5.54 Å². The van der Waals surface area contributed by atoms with Gasteiger partial charge in [-0.1, -0.05) is 0 Å². The lowest BCUT2D eigenvalue weighted by Crippen LogP contribution is -2.58. The van der Waals surface area contributed by atoms with Gasteiger partial charge in [-0.2, -0.15) is 0 Å². The summed E-state index contributed by atoms with van der Waals surface area (Å²) in [5.74, 6) is -1.28. The van der Waals surface area contributed by atoms with E-state index in [0.29, 0.717) is 32.5 Å². The van der Waals surface area contributed by atoms with E-state index in [1.807, 2.05) is 0 Å². The lowest BCUT2D eigenvalue weighted by atomic mass is 9.89. The molecular formula is C12H20N2O4. The topological polar surface area (TPSA) is 102 Å². The van der Waals surface area contributed by atoms with E-state index in [0.717, 1.165) is 12.8 Å². The predicted molar refractivity (Wildman–Crippen MR) is 63.9 cm³/mol. The minimum Gasteiger partial charge on any atom is -0.480 e. The molecule has 102 valence electrons. The fraction of sp³-hybridized carbons (Fsp3) is 0.833. The van der Waals surface area contributed by atoms with E-state index in [9.17, 15) is 14.7 Å². The molecule has 0 radical (unpaired) electrons. The third kappa shape index (κ3) is 2.64. The number of hydrogen-bond acceptors (Lipinski definition) is 4. The Morgan fingerprint density at radius 2 is 1.94 bits per heavy atom. The van der Waals surface area contributed by atoms with Gasteiger partial charge in [-0.15, -0.1) is 0 Å². The number of carboxylic acids is 1. The molecule has 0 bridgehead atoms. The molecule has 0 aromatic carbocycles. The highest BCUT2D eigenvalue weighted by atomic mass is 16.5. The van der Waals surface area contributed by atoms with Gasteiger partial charge in [0.15, 0.2) is 0 Å². The molecule has 6 nitrogen and oxygen atoms in total. The number of rotatable bonds is 3. The van der Waals surface area contributed by atoms with Crippen LogP contribution in [0.4, 0.5) is 0 Å². The van der Waals surface area contributed by atoms with Crippen LogP contribution < -0.4 is 11.1 Å². The zero-order valence-electron chi connectivity index (χ0n) is 10.4. The van der Waals surface area contributed by atoms with Crippen LogP contribution in [0.1, 0.15) is 32.1 Å². The summed E-state index contributed by atoms with van der Waals surface area (Å²) in [5, 5.41) is 12.1. The Labute approximate surface area is 106 Å². The molecule has 1 aliphatic carbocycles. The summed E-state index contributed by atoms with van der Waals surface area (Å²) < 4.78 is 5.16. The number of ether oxygens (including phenoxy) is 1.